The second kappa shape index (κ2) is 4.35. The molecule has 86 valence electrons. The SMILES string of the molecule is ClCC1CCN(Cc2cn3ccsc3n2)C1. The van der Waals surface area contributed by atoms with Crippen molar-refractivity contribution in [3.63, 3.8) is 0 Å². The Bertz CT molecular complexity index is 450. The zero-order valence-corrected chi connectivity index (χ0v) is 10.5. The molecule has 0 amide bonds. The standard InChI is InChI=1S/C11H14ClN3S/c12-5-9-1-2-14(6-9)7-10-8-15-3-4-16-11(15)13-10/h3-4,8-9H,1-2,5-7H2. The highest BCUT2D eigenvalue weighted by Gasteiger charge is 2.22. The minimum atomic E-state index is 0.672. The molecule has 2 aromatic heterocycles. The molecule has 0 bridgehead atoms. The number of thiazole rings is 1. The largest absolute Gasteiger partial charge is 0.297 e. The van der Waals surface area contributed by atoms with Gasteiger partial charge in [-0.25, -0.2) is 4.98 Å². The molecule has 16 heavy (non-hydrogen) atoms. The first kappa shape index (κ1) is 10.6. The van der Waals surface area contributed by atoms with Gasteiger partial charge < -0.3 is 0 Å². The van der Waals surface area contributed by atoms with E-state index in [9.17, 15) is 0 Å². The molecule has 1 fully saturated rings. The van der Waals surface area contributed by atoms with E-state index in [1.54, 1.807) is 11.3 Å². The van der Waals surface area contributed by atoms with E-state index < -0.39 is 0 Å². The minimum Gasteiger partial charge on any atom is -0.297 e. The van der Waals surface area contributed by atoms with Crippen molar-refractivity contribution in [2.45, 2.75) is 13.0 Å². The maximum absolute atomic E-state index is 5.88. The van der Waals surface area contributed by atoms with Gasteiger partial charge in [0.15, 0.2) is 4.96 Å². The van der Waals surface area contributed by atoms with Gasteiger partial charge in [-0.05, 0) is 18.9 Å². The summed E-state index contributed by atoms with van der Waals surface area (Å²) in [6, 6.07) is 0. The van der Waals surface area contributed by atoms with Crippen LogP contribution >= 0.6 is 22.9 Å². The number of hydrogen-bond donors (Lipinski definition) is 0. The molecule has 1 aliphatic heterocycles. The van der Waals surface area contributed by atoms with Crippen molar-refractivity contribution < 1.29 is 0 Å². The molecule has 3 nitrogen and oxygen atoms in total. The lowest BCUT2D eigenvalue weighted by Crippen LogP contribution is -2.20. The molecule has 0 aliphatic carbocycles. The van der Waals surface area contributed by atoms with Crippen molar-refractivity contribution in [1.82, 2.24) is 14.3 Å². The molecule has 1 saturated heterocycles. The molecular weight excluding hydrogens is 242 g/mol. The van der Waals surface area contributed by atoms with Gasteiger partial charge >= 0.3 is 0 Å². The van der Waals surface area contributed by atoms with Gasteiger partial charge in [-0.2, -0.15) is 0 Å². The number of fused-ring (bicyclic) bond motifs is 1. The molecule has 1 aliphatic rings. The molecule has 2 aromatic rings. The molecule has 0 aromatic carbocycles. The van der Waals surface area contributed by atoms with Gasteiger partial charge in [0.25, 0.3) is 0 Å². The third-order valence-corrected chi connectivity index (χ3v) is 4.32. The van der Waals surface area contributed by atoms with Crippen molar-refractivity contribution in [2.24, 2.45) is 5.92 Å². The fourth-order valence-corrected chi connectivity index (χ4v) is 3.23. The van der Waals surface area contributed by atoms with Gasteiger partial charge in [-0.3, -0.25) is 9.30 Å². The van der Waals surface area contributed by atoms with Crippen LogP contribution in [0, 0.1) is 5.92 Å². The lowest BCUT2D eigenvalue weighted by Gasteiger charge is -2.13. The number of imidazole rings is 1. The van der Waals surface area contributed by atoms with Crippen LogP contribution in [0.25, 0.3) is 4.96 Å². The van der Waals surface area contributed by atoms with E-state index in [4.69, 9.17) is 11.6 Å². The number of halogens is 1. The van der Waals surface area contributed by atoms with Gasteiger partial charge in [0, 0.05) is 36.7 Å². The van der Waals surface area contributed by atoms with E-state index in [-0.39, 0.29) is 0 Å². The average Bonchev–Trinajstić information content (AvgIpc) is 2.92. The quantitative estimate of drug-likeness (QED) is 0.786. The number of rotatable bonds is 3. The average molecular weight is 256 g/mol. The van der Waals surface area contributed by atoms with Crippen molar-refractivity contribution in [3.8, 4) is 0 Å². The smallest absolute Gasteiger partial charge is 0.193 e. The number of aromatic nitrogens is 2. The van der Waals surface area contributed by atoms with Crippen molar-refractivity contribution in [1.29, 1.82) is 0 Å². The molecule has 0 saturated carbocycles. The predicted octanol–water partition coefficient (Wildman–Crippen LogP) is 2.46. The Kier molecular flexibility index (Phi) is 2.88. The number of alkyl halides is 1. The van der Waals surface area contributed by atoms with Crippen molar-refractivity contribution >= 4 is 27.9 Å². The highest BCUT2D eigenvalue weighted by atomic mass is 35.5. The van der Waals surface area contributed by atoms with Crippen LogP contribution in [-0.2, 0) is 6.54 Å². The summed E-state index contributed by atoms with van der Waals surface area (Å²) in [6.45, 7) is 3.24. The topological polar surface area (TPSA) is 20.5 Å². The van der Waals surface area contributed by atoms with Gasteiger partial charge in [0.2, 0.25) is 0 Å². The molecule has 0 N–H and O–H groups in total. The molecular formula is C11H14ClN3S. The second-order valence-electron chi connectivity index (χ2n) is 4.37. The molecule has 3 heterocycles. The maximum atomic E-state index is 5.88. The first-order chi connectivity index (χ1) is 7.85. The van der Waals surface area contributed by atoms with Gasteiger partial charge in [0.1, 0.15) is 0 Å². The van der Waals surface area contributed by atoms with E-state index in [1.807, 2.05) is 0 Å². The number of nitrogens with zero attached hydrogens (tertiary/aromatic N) is 3. The predicted molar refractivity (Wildman–Crippen MR) is 67.2 cm³/mol. The molecule has 1 unspecified atom stereocenters. The Hall–Kier alpha value is -0.580. The first-order valence-electron chi connectivity index (χ1n) is 5.54. The fourth-order valence-electron chi connectivity index (χ4n) is 2.26. The van der Waals surface area contributed by atoms with Crippen molar-refractivity contribution in [3.05, 3.63) is 23.5 Å². The van der Waals surface area contributed by atoms with Gasteiger partial charge in [-0.15, -0.1) is 22.9 Å². The zero-order valence-electron chi connectivity index (χ0n) is 8.97. The van der Waals surface area contributed by atoms with Crippen molar-refractivity contribution in [2.75, 3.05) is 19.0 Å². The summed E-state index contributed by atoms with van der Waals surface area (Å²) in [4.78, 5) is 8.12. The third kappa shape index (κ3) is 1.97. The van der Waals surface area contributed by atoms with Crippen LogP contribution in [-0.4, -0.2) is 33.3 Å². The van der Waals surface area contributed by atoms with Gasteiger partial charge in [-0.1, -0.05) is 0 Å². The molecule has 1 atom stereocenters. The number of likely N-dealkylation sites (tertiary alicyclic amines) is 1. The van der Waals surface area contributed by atoms with E-state index in [2.05, 4.69) is 32.1 Å². The summed E-state index contributed by atoms with van der Waals surface area (Å²) in [7, 11) is 0. The summed E-state index contributed by atoms with van der Waals surface area (Å²) in [5, 5.41) is 2.06. The molecule has 5 heteroatoms. The van der Waals surface area contributed by atoms with Crippen LogP contribution in [0.2, 0.25) is 0 Å². The Morgan fingerprint density at radius 1 is 1.56 bits per heavy atom. The van der Waals surface area contributed by atoms with E-state index in [0.29, 0.717) is 5.92 Å². The van der Waals surface area contributed by atoms with Crippen LogP contribution in [0.3, 0.4) is 0 Å². The molecule has 3 rings (SSSR count). The number of hydrogen-bond acceptors (Lipinski definition) is 3. The maximum Gasteiger partial charge on any atom is 0.193 e. The van der Waals surface area contributed by atoms with Crippen LogP contribution < -0.4 is 0 Å². The zero-order chi connectivity index (χ0) is 11.0. The summed E-state index contributed by atoms with van der Waals surface area (Å²) in [5.41, 5.74) is 1.17. The van der Waals surface area contributed by atoms with E-state index in [0.717, 1.165) is 30.5 Å². The highest BCUT2D eigenvalue weighted by Crippen LogP contribution is 2.20. The Morgan fingerprint density at radius 3 is 3.25 bits per heavy atom. The van der Waals surface area contributed by atoms with Crippen LogP contribution in [0.1, 0.15) is 12.1 Å². The third-order valence-electron chi connectivity index (χ3n) is 3.12. The van der Waals surface area contributed by atoms with Crippen LogP contribution in [0.15, 0.2) is 17.8 Å². The second-order valence-corrected chi connectivity index (χ2v) is 5.55. The fraction of sp³-hybridized carbons (Fsp3) is 0.545. The first-order valence-corrected chi connectivity index (χ1v) is 6.96. The Morgan fingerprint density at radius 2 is 2.50 bits per heavy atom. The van der Waals surface area contributed by atoms with E-state index in [1.165, 1.54) is 12.1 Å². The van der Waals surface area contributed by atoms with Gasteiger partial charge in [0.05, 0.1) is 5.69 Å². The minimum absolute atomic E-state index is 0.672. The summed E-state index contributed by atoms with van der Waals surface area (Å²) < 4.78 is 2.09. The monoisotopic (exact) mass is 255 g/mol. The highest BCUT2D eigenvalue weighted by molar-refractivity contribution is 7.15. The normalized spacial score (nSPS) is 22.2. The summed E-state index contributed by atoms with van der Waals surface area (Å²) in [6.07, 6.45) is 5.41. The van der Waals surface area contributed by atoms with Crippen LogP contribution in [0.4, 0.5) is 0 Å². The molecule has 0 radical (unpaired) electrons. The lowest BCUT2D eigenvalue weighted by atomic mass is 10.2. The Labute approximate surface area is 104 Å². The van der Waals surface area contributed by atoms with Crippen LogP contribution in [0.5, 0.6) is 0 Å². The molecule has 0 spiro atoms. The summed E-state index contributed by atoms with van der Waals surface area (Å²) >= 11 is 7.56. The Balaban J connectivity index is 1.69. The lowest BCUT2D eigenvalue weighted by molar-refractivity contribution is 0.317. The van der Waals surface area contributed by atoms with E-state index >= 15 is 0 Å². The summed E-state index contributed by atoms with van der Waals surface area (Å²) in [5.74, 6) is 1.46.